The van der Waals surface area contributed by atoms with E-state index in [9.17, 15) is 16.8 Å². The topological polar surface area (TPSA) is 130 Å². The maximum atomic E-state index is 10.7. The van der Waals surface area contributed by atoms with Crippen molar-refractivity contribution in [1.82, 2.24) is 19.6 Å². The molecule has 2 aromatic heterocycles. The largest absolute Gasteiger partial charge is 0.280 e. The molecule has 0 aliphatic heterocycles. The third-order valence-corrected chi connectivity index (χ3v) is 4.41. The molecule has 2 aromatic rings. The smallest absolute Gasteiger partial charge is 0.272 e. The van der Waals surface area contributed by atoms with Crippen LogP contribution in [-0.4, -0.2) is 36.4 Å². The molecular formula is C10H16ClN5O4S2. The number of hydrogen-bond acceptors (Lipinski definition) is 6. The average molecular weight is 370 g/mol. The first kappa shape index (κ1) is 18.6. The average Bonchev–Trinajstić information content (AvgIpc) is 3.07. The molecule has 0 bridgehead atoms. The highest BCUT2D eigenvalue weighted by Gasteiger charge is 2.12. The molecule has 0 aliphatic carbocycles. The predicted octanol–water partition coefficient (Wildman–Crippen LogP) is 0.381. The second-order valence-corrected chi connectivity index (χ2v) is 8.02. The Balaban J connectivity index is 0.000000220. The van der Waals surface area contributed by atoms with Crippen LogP contribution in [0.25, 0.3) is 0 Å². The van der Waals surface area contributed by atoms with E-state index in [2.05, 4.69) is 10.2 Å². The summed E-state index contributed by atoms with van der Waals surface area (Å²) in [6, 6.07) is 2.74. The van der Waals surface area contributed by atoms with Crippen LogP contribution in [-0.2, 0) is 32.2 Å². The van der Waals surface area contributed by atoms with Crippen molar-refractivity contribution in [2.45, 2.75) is 37.0 Å². The molecule has 0 unspecified atom stereocenters. The van der Waals surface area contributed by atoms with E-state index in [4.69, 9.17) is 15.8 Å². The van der Waals surface area contributed by atoms with E-state index in [1.807, 2.05) is 13.8 Å². The lowest BCUT2D eigenvalue weighted by atomic mass is 10.7. The lowest BCUT2D eigenvalue weighted by molar-refractivity contribution is 0.583. The SMILES string of the molecule is CCn1ccc(S(=O)(=O)Cl)n1.CCn1ccc(S(N)(=O)=O)n1. The Morgan fingerprint density at radius 2 is 1.41 bits per heavy atom. The molecule has 2 N–H and O–H groups in total. The van der Waals surface area contributed by atoms with E-state index in [-0.39, 0.29) is 10.1 Å². The standard InChI is InChI=1S/C5H7ClN2O2S.C5H9N3O2S/c2*1-2-8-4-3-5(7-8)11(6,9)10/h3-4H,2H2,1H3;3-4H,2H2,1H3,(H2,6,9,10). The van der Waals surface area contributed by atoms with E-state index in [1.54, 1.807) is 12.4 Å². The first-order valence-corrected chi connectivity index (χ1v) is 9.97. The minimum Gasteiger partial charge on any atom is -0.272 e. The number of rotatable bonds is 4. The van der Waals surface area contributed by atoms with Crippen molar-refractivity contribution in [3.63, 3.8) is 0 Å². The number of hydrogen-bond donors (Lipinski definition) is 1. The van der Waals surface area contributed by atoms with Gasteiger partial charge in [-0.1, -0.05) is 0 Å². The lowest BCUT2D eigenvalue weighted by Crippen LogP contribution is -2.13. The maximum absolute atomic E-state index is 10.7. The predicted molar refractivity (Wildman–Crippen MR) is 80.2 cm³/mol. The van der Waals surface area contributed by atoms with Gasteiger partial charge >= 0.3 is 0 Å². The fourth-order valence-electron chi connectivity index (χ4n) is 1.32. The number of nitrogens with zero attached hydrogens (tertiary/aromatic N) is 4. The molecule has 0 aromatic carbocycles. The van der Waals surface area contributed by atoms with Crippen LogP contribution in [0.3, 0.4) is 0 Å². The van der Waals surface area contributed by atoms with E-state index in [0.717, 1.165) is 0 Å². The van der Waals surface area contributed by atoms with Crippen LogP contribution in [0.4, 0.5) is 0 Å². The number of aryl methyl sites for hydroxylation is 2. The van der Waals surface area contributed by atoms with E-state index >= 15 is 0 Å². The van der Waals surface area contributed by atoms with Gasteiger partial charge in [-0.3, -0.25) is 9.36 Å². The zero-order chi connectivity index (χ0) is 17.0. The van der Waals surface area contributed by atoms with Gasteiger partial charge in [0.15, 0.2) is 10.1 Å². The second-order valence-electron chi connectivity index (χ2n) is 4.00. The van der Waals surface area contributed by atoms with Crippen LogP contribution in [0, 0.1) is 0 Å². The molecule has 9 nitrogen and oxygen atoms in total. The first-order valence-electron chi connectivity index (χ1n) is 6.12. The van der Waals surface area contributed by atoms with Crippen molar-refractivity contribution in [3.05, 3.63) is 24.5 Å². The van der Waals surface area contributed by atoms with Gasteiger partial charge < -0.3 is 0 Å². The van der Waals surface area contributed by atoms with Gasteiger partial charge in [-0.2, -0.15) is 10.2 Å². The summed E-state index contributed by atoms with van der Waals surface area (Å²) in [5.41, 5.74) is 0. The summed E-state index contributed by atoms with van der Waals surface area (Å²) in [4.78, 5) is 0. The summed E-state index contributed by atoms with van der Waals surface area (Å²) in [6.07, 6.45) is 3.13. The van der Waals surface area contributed by atoms with Gasteiger partial charge in [0.2, 0.25) is 0 Å². The minimum atomic E-state index is -3.65. The number of nitrogens with two attached hydrogens (primary N) is 1. The summed E-state index contributed by atoms with van der Waals surface area (Å²) in [5, 5.41) is 12.0. The fraction of sp³-hybridized carbons (Fsp3) is 0.400. The summed E-state index contributed by atoms with van der Waals surface area (Å²) < 4.78 is 45.6. The molecule has 0 atom stereocenters. The molecule has 2 rings (SSSR count). The van der Waals surface area contributed by atoms with Crippen LogP contribution in [0.15, 0.2) is 34.6 Å². The van der Waals surface area contributed by atoms with E-state index in [0.29, 0.717) is 13.1 Å². The highest BCUT2D eigenvalue weighted by Crippen LogP contribution is 2.10. The molecule has 12 heteroatoms. The molecule has 0 saturated heterocycles. The van der Waals surface area contributed by atoms with Crippen LogP contribution in [0.1, 0.15) is 13.8 Å². The Bertz CT molecular complexity index is 755. The highest BCUT2D eigenvalue weighted by molar-refractivity contribution is 8.13. The quantitative estimate of drug-likeness (QED) is 0.775. The number of aromatic nitrogens is 4. The number of halogens is 1. The Labute approximate surface area is 133 Å². The summed E-state index contributed by atoms with van der Waals surface area (Å²) in [5.74, 6) is 0. The molecule has 124 valence electrons. The normalized spacial score (nSPS) is 11.8. The molecule has 0 aliphatic rings. The monoisotopic (exact) mass is 369 g/mol. The Morgan fingerprint density at radius 3 is 1.64 bits per heavy atom. The van der Waals surface area contributed by atoms with Gasteiger partial charge in [0.05, 0.1) is 0 Å². The molecule has 0 saturated carbocycles. The molecule has 22 heavy (non-hydrogen) atoms. The van der Waals surface area contributed by atoms with Gasteiger partial charge in [-0.15, -0.1) is 0 Å². The molecule has 0 radical (unpaired) electrons. The van der Waals surface area contributed by atoms with Crippen molar-refractivity contribution in [3.8, 4) is 0 Å². The second kappa shape index (κ2) is 7.22. The molecule has 2 heterocycles. The molecule has 0 fully saturated rings. The molecular weight excluding hydrogens is 354 g/mol. The van der Waals surface area contributed by atoms with Crippen LogP contribution >= 0.6 is 10.7 Å². The van der Waals surface area contributed by atoms with Crippen LogP contribution < -0.4 is 5.14 Å². The summed E-state index contributed by atoms with van der Waals surface area (Å²) in [7, 11) is -2.25. The Morgan fingerprint density at radius 1 is 1.00 bits per heavy atom. The summed E-state index contributed by atoms with van der Waals surface area (Å²) >= 11 is 0. The fourth-order valence-corrected chi connectivity index (χ4v) is 2.46. The molecule has 0 amide bonds. The van der Waals surface area contributed by atoms with E-state index < -0.39 is 19.1 Å². The lowest BCUT2D eigenvalue weighted by Gasteiger charge is -1.91. The number of sulfonamides is 1. The van der Waals surface area contributed by atoms with Gasteiger partial charge in [-0.05, 0) is 26.0 Å². The third-order valence-electron chi connectivity index (χ3n) is 2.42. The van der Waals surface area contributed by atoms with Crippen molar-refractivity contribution in [2.24, 2.45) is 5.14 Å². The highest BCUT2D eigenvalue weighted by atomic mass is 35.7. The zero-order valence-corrected chi connectivity index (χ0v) is 14.3. The zero-order valence-electron chi connectivity index (χ0n) is 11.9. The summed E-state index contributed by atoms with van der Waals surface area (Å²) in [6.45, 7) is 4.99. The first-order chi connectivity index (χ1) is 10.1. The van der Waals surface area contributed by atoms with Crippen LogP contribution in [0.2, 0.25) is 0 Å². The maximum Gasteiger partial charge on any atom is 0.280 e. The third kappa shape index (κ3) is 5.40. The van der Waals surface area contributed by atoms with Crippen molar-refractivity contribution < 1.29 is 16.8 Å². The Kier molecular flexibility index (Phi) is 6.11. The Hall–Kier alpha value is -1.43. The van der Waals surface area contributed by atoms with Gasteiger partial charge in [-0.25, -0.2) is 22.0 Å². The van der Waals surface area contributed by atoms with Crippen molar-refractivity contribution in [2.75, 3.05) is 0 Å². The van der Waals surface area contributed by atoms with Crippen LogP contribution in [0.5, 0.6) is 0 Å². The van der Waals surface area contributed by atoms with Crippen molar-refractivity contribution >= 4 is 29.8 Å². The minimum absolute atomic E-state index is 0.0839. The molecule has 0 spiro atoms. The van der Waals surface area contributed by atoms with E-state index in [1.165, 1.54) is 21.5 Å². The van der Waals surface area contributed by atoms with Gasteiger partial charge in [0, 0.05) is 36.2 Å². The number of primary sulfonamides is 1. The van der Waals surface area contributed by atoms with Gasteiger partial charge in [0.1, 0.15) is 0 Å². The van der Waals surface area contributed by atoms with Gasteiger partial charge in [0.25, 0.3) is 19.1 Å². The van der Waals surface area contributed by atoms with Crippen molar-refractivity contribution in [1.29, 1.82) is 0 Å².